The van der Waals surface area contributed by atoms with Crippen LogP contribution in [-0.4, -0.2) is 52.0 Å². The van der Waals surface area contributed by atoms with Gasteiger partial charge in [-0.05, 0) is 20.3 Å². The normalized spacial score (nSPS) is 35.5. The lowest BCUT2D eigenvalue weighted by Crippen LogP contribution is -2.48. The molecule has 1 aliphatic rings. The fourth-order valence-corrected chi connectivity index (χ4v) is 1.69. The Morgan fingerprint density at radius 3 is 2.71 bits per heavy atom. The highest BCUT2D eigenvalue weighted by molar-refractivity contribution is 5.66. The molecule has 6 nitrogen and oxygen atoms in total. The summed E-state index contributed by atoms with van der Waals surface area (Å²) >= 11 is 0. The Morgan fingerprint density at radius 1 is 1.47 bits per heavy atom. The van der Waals surface area contributed by atoms with Crippen molar-refractivity contribution in [2.45, 2.75) is 63.8 Å². The first-order valence-electron chi connectivity index (χ1n) is 5.79. The van der Waals surface area contributed by atoms with E-state index in [1.165, 1.54) is 0 Å². The summed E-state index contributed by atoms with van der Waals surface area (Å²) < 4.78 is 10.7. The molecule has 0 amide bonds. The van der Waals surface area contributed by atoms with Crippen LogP contribution in [0.1, 0.15) is 33.1 Å². The molecule has 0 aromatic heterocycles. The Bertz CT molecular complexity index is 256. The highest BCUT2D eigenvalue weighted by Crippen LogP contribution is 2.22. The average Bonchev–Trinajstić information content (AvgIpc) is 2.23. The van der Waals surface area contributed by atoms with Crippen molar-refractivity contribution in [2.24, 2.45) is 0 Å². The summed E-state index contributed by atoms with van der Waals surface area (Å²) in [5.41, 5.74) is 0. The summed E-state index contributed by atoms with van der Waals surface area (Å²) in [7, 11) is 0. The van der Waals surface area contributed by atoms with E-state index >= 15 is 0 Å². The third-order valence-electron chi connectivity index (χ3n) is 2.82. The third-order valence-corrected chi connectivity index (χ3v) is 2.82. The predicted molar refractivity (Wildman–Crippen MR) is 58.4 cm³/mol. The van der Waals surface area contributed by atoms with Gasteiger partial charge in [0.05, 0.1) is 18.3 Å². The molecule has 17 heavy (non-hydrogen) atoms. The van der Waals surface area contributed by atoms with Gasteiger partial charge in [-0.2, -0.15) is 0 Å². The lowest BCUT2D eigenvalue weighted by atomic mass is 10.0. The van der Waals surface area contributed by atoms with Gasteiger partial charge in [0, 0.05) is 12.8 Å². The molecule has 6 heteroatoms. The number of carboxylic acid groups (broad SMARTS) is 1. The van der Waals surface area contributed by atoms with Crippen LogP contribution in [0.15, 0.2) is 0 Å². The first-order chi connectivity index (χ1) is 7.90. The maximum absolute atomic E-state index is 10.4. The number of carboxylic acids is 1. The van der Waals surface area contributed by atoms with Gasteiger partial charge >= 0.3 is 5.97 Å². The summed E-state index contributed by atoms with van der Waals surface area (Å²) in [5, 5.41) is 27.6. The Hall–Kier alpha value is -0.690. The number of aliphatic hydroxyl groups excluding tert-OH is 2. The monoisotopic (exact) mass is 248 g/mol. The predicted octanol–water partition coefficient (Wildman–Crippen LogP) is 0.113. The van der Waals surface area contributed by atoms with Gasteiger partial charge in [-0.15, -0.1) is 0 Å². The number of aliphatic carboxylic acids is 1. The first kappa shape index (κ1) is 14.4. The zero-order valence-electron chi connectivity index (χ0n) is 10.1. The van der Waals surface area contributed by atoms with Crippen molar-refractivity contribution in [1.29, 1.82) is 0 Å². The van der Waals surface area contributed by atoms with Crippen molar-refractivity contribution in [3.8, 4) is 0 Å². The number of rotatable bonds is 5. The van der Waals surface area contributed by atoms with E-state index in [2.05, 4.69) is 0 Å². The van der Waals surface area contributed by atoms with Crippen LogP contribution in [0.25, 0.3) is 0 Å². The van der Waals surface area contributed by atoms with Gasteiger partial charge < -0.3 is 24.8 Å². The van der Waals surface area contributed by atoms with Crippen LogP contribution in [-0.2, 0) is 14.3 Å². The number of carbonyl (C=O) groups is 1. The van der Waals surface area contributed by atoms with Gasteiger partial charge in [-0.1, -0.05) is 0 Å². The number of hydrogen-bond donors (Lipinski definition) is 3. The van der Waals surface area contributed by atoms with E-state index in [0.717, 1.165) is 0 Å². The van der Waals surface area contributed by atoms with E-state index in [0.29, 0.717) is 6.42 Å². The standard InChI is InChI=1S/C11H20O6/c1-6(3-4-10(14)15)16-11-9(13)5-8(12)7(2)17-11/h6-9,11-13H,3-5H2,1-2H3,(H,14,15)/t6?,7-,8+,9-,11+/m1/s1. The molecular formula is C11H20O6. The molecule has 100 valence electrons. The van der Waals surface area contributed by atoms with E-state index in [4.69, 9.17) is 14.6 Å². The van der Waals surface area contributed by atoms with Crippen LogP contribution in [0.2, 0.25) is 0 Å². The number of hydrogen-bond acceptors (Lipinski definition) is 5. The van der Waals surface area contributed by atoms with E-state index < -0.39 is 30.6 Å². The summed E-state index contributed by atoms with van der Waals surface area (Å²) in [6.45, 7) is 3.43. The third kappa shape index (κ3) is 4.59. The van der Waals surface area contributed by atoms with E-state index in [-0.39, 0.29) is 18.9 Å². The molecule has 1 rings (SSSR count). The molecule has 0 radical (unpaired) electrons. The Morgan fingerprint density at radius 2 is 2.12 bits per heavy atom. The van der Waals surface area contributed by atoms with Crippen LogP contribution in [0.4, 0.5) is 0 Å². The summed E-state index contributed by atoms with van der Waals surface area (Å²) in [5.74, 6) is -0.880. The van der Waals surface area contributed by atoms with Gasteiger partial charge in [0.25, 0.3) is 0 Å². The Labute approximate surface area is 100 Å². The van der Waals surface area contributed by atoms with Crippen molar-refractivity contribution < 1.29 is 29.6 Å². The average molecular weight is 248 g/mol. The smallest absolute Gasteiger partial charge is 0.303 e. The van der Waals surface area contributed by atoms with Crippen molar-refractivity contribution >= 4 is 5.97 Å². The molecule has 0 aromatic carbocycles. The molecule has 1 heterocycles. The van der Waals surface area contributed by atoms with E-state index in [1.807, 2.05) is 0 Å². The lowest BCUT2D eigenvalue weighted by Gasteiger charge is -2.36. The molecule has 0 saturated carbocycles. The number of aliphatic hydroxyl groups is 2. The largest absolute Gasteiger partial charge is 0.481 e. The lowest BCUT2D eigenvalue weighted by molar-refractivity contribution is -0.273. The van der Waals surface area contributed by atoms with Gasteiger partial charge in [-0.25, -0.2) is 0 Å². The second-order valence-corrected chi connectivity index (χ2v) is 4.46. The zero-order valence-corrected chi connectivity index (χ0v) is 10.1. The summed E-state index contributed by atoms with van der Waals surface area (Å²) in [4.78, 5) is 10.4. The van der Waals surface area contributed by atoms with Crippen molar-refractivity contribution in [1.82, 2.24) is 0 Å². The molecule has 1 saturated heterocycles. The highest BCUT2D eigenvalue weighted by Gasteiger charge is 2.35. The molecule has 1 aliphatic heterocycles. The van der Waals surface area contributed by atoms with Crippen molar-refractivity contribution in [3.63, 3.8) is 0 Å². The summed E-state index contributed by atoms with van der Waals surface area (Å²) in [6.07, 6.45) is -2.49. The molecule has 1 unspecified atom stereocenters. The maximum atomic E-state index is 10.4. The minimum atomic E-state index is -0.881. The molecule has 5 atom stereocenters. The summed E-state index contributed by atoms with van der Waals surface area (Å²) in [6, 6.07) is 0. The van der Waals surface area contributed by atoms with Crippen LogP contribution in [0.3, 0.4) is 0 Å². The van der Waals surface area contributed by atoms with Gasteiger partial charge in [0.1, 0.15) is 6.10 Å². The first-order valence-corrected chi connectivity index (χ1v) is 5.79. The van der Waals surface area contributed by atoms with Crippen LogP contribution in [0.5, 0.6) is 0 Å². The quantitative estimate of drug-likeness (QED) is 0.639. The Balaban J connectivity index is 2.37. The van der Waals surface area contributed by atoms with Gasteiger partial charge in [0.2, 0.25) is 0 Å². The molecule has 0 bridgehead atoms. The molecule has 3 N–H and O–H groups in total. The maximum Gasteiger partial charge on any atom is 0.303 e. The topological polar surface area (TPSA) is 96.2 Å². The van der Waals surface area contributed by atoms with Gasteiger partial charge in [-0.3, -0.25) is 4.79 Å². The van der Waals surface area contributed by atoms with Gasteiger partial charge in [0.15, 0.2) is 6.29 Å². The second kappa shape index (κ2) is 6.30. The SMILES string of the molecule is CC(CCC(=O)O)O[C@H]1O[C@H](C)[C@@H](O)C[C@H]1O. The molecule has 0 spiro atoms. The van der Waals surface area contributed by atoms with Crippen molar-refractivity contribution in [2.75, 3.05) is 0 Å². The molecule has 0 aromatic rings. The molecule has 0 aliphatic carbocycles. The molecule has 1 fully saturated rings. The van der Waals surface area contributed by atoms with Crippen LogP contribution in [0, 0.1) is 0 Å². The highest BCUT2D eigenvalue weighted by atomic mass is 16.7. The minimum absolute atomic E-state index is 0.0160. The zero-order chi connectivity index (χ0) is 13.0. The van der Waals surface area contributed by atoms with E-state index in [9.17, 15) is 15.0 Å². The second-order valence-electron chi connectivity index (χ2n) is 4.46. The molecular weight excluding hydrogens is 228 g/mol. The minimum Gasteiger partial charge on any atom is -0.481 e. The van der Waals surface area contributed by atoms with Crippen molar-refractivity contribution in [3.05, 3.63) is 0 Å². The van der Waals surface area contributed by atoms with Crippen LogP contribution < -0.4 is 0 Å². The number of ether oxygens (including phenoxy) is 2. The fraction of sp³-hybridized carbons (Fsp3) is 0.909. The van der Waals surface area contributed by atoms with Crippen LogP contribution >= 0.6 is 0 Å². The fourth-order valence-electron chi connectivity index (χ4n) is 1.69. The Kier molecular flexibility index (Phi) is 5.32. The van der Waals surface area contributed by atoms with E-state index in [1.54, 1.807) is 13.8 Å².